The molecule has 2 aromatic rings. The second-order valence-corrected chi connectivity index (χ2v) is 4.77. The quantitative estimate of drug-likeness (QED) is 0.814. The number of fused-ring (bicyclic) bond motifs is 1. The van der Waals surface area contributed by atoms with Crippen LogP contribution in [-0.2, 0) is 6.42 Å². The van der Waals surface area contributed by atoms with Crippen LogP contribution in [0.3, 0.4) is 0 Å². The van der Waals surface area contributed by atoms with Crippen LogP contribution in [0.2, 0.25) is 5.15 Å². The molecule has 6 heteroatoms. The van der Waals surface area contributed by atoms with Gasteiger partial charge in [-0.1, -0.05) is 17.7 Å². The summed E-state index contributed by atoms with van der Waals surface area (Å²) in [6.07, 6.45) is 0.571. The molecule has 3 rings (SSSR count). The van der Waals surface area contributed by atoms with Gasteiger partial charge in [0.2, 0.25) is 6.79 Å². The van der Waals surface area contributed by atoms with Crippen LogP contribution in [0.4, 0.5) is 0 Å². The first-order chi connectivity index (χ1) is 9.67. The fraction of sp³-hybridized carbons (Fsp3) is 0.286. The zero-order valence-electron chi connectivity index (χ0n) is 11.1. The third-order valence-corrected chi connectivity index (χ3v) is 3.30. The molecule has 0 aliphatic carbocycles. The first-order valence-corrected chi connectivity index (χ1v) is 6.50. The number of hydrogen-bond donors (Lipinski definition) is 0. The van der Waals surface area contributed by atoms with Crippen LogP contribution in [0.25, 0.3) is 0 Å². The van der Waals surface area contributed by atoms with Gasteiger partial charge in [-0.25, -0.2) is 9.97 Å². The summed E-state index contributed by atoms with van der Waals surface area (Å²) < 4.78 is 15.8. The fourth-order valence-corrected chi connectivity index (χ4v) is 2.44. The molecule has 0 radical (unpaired) electrons. The molecule has 1 aromatic heterocycles. The van der Waals surface area contributed by atoms with Gasteiger partial charge in [-0.15, -0.1) is 0 Å². The number of aryl methyl sites for hydroxylation is 1. The van der Waals surface area contributed by atoms with Crippen LogP contribution in [0.5, 0.6) is 17.2 Å². The monoisotopic (exact) mass is 292 g/mol. The maximum absolute atomic E-state index is 6.07. The van der Waals surface area contributed by atoms with Crippen LogP contribution in [0.15, 0.2) is 18.2 Å². The number of methoxy groups -OCH3 is 1. The standard InChI is InChI=1S/C14H13ClN2O3/c1-8-13(18-2)14(15)17-12(16-8)6-9-3-4-10-11(5-9)20-7-19-10/h3-5H,6-7H2,1-2H3. The van der Waals surface area contributed by atoms with Gasteiger partial charge in [-0.2, -0.15) is 0 Å². The smallest absolute Gasteiger partial charge is 0.231 e. The van der Waals surface area contributed by atoms with Gasteiger partial charge in [0.05, 0.1) is 12.8 Å². The van der Waals surface area contributed by atoms with Crippen molar-refractivity contribution in [3.63, 3.8) is 0 Å². The van der Waals surface area contributed by atoms with Crippen molar-refractivity contribution in [2.24, 2.45) is 0 Å². The summed E-state index contributed by atoms with van der Waals surface area (Å²) in [6, 6.07) is 5.78. The summed E-state index contributed by atoms with van der Waals surface area (Å²) in [5.74, 6) is 2.67. The highest BCUT2D eigenvalue weighted by Crippen LogP contribution is 2.33. The Bertz CT molecular complexity index is 638. The lowest BCUT2D eigenvalue weighted by atomic mass is 10.1. The molecule has 0 fully saturated rings. The van der Waals surface area contributed by atoms with E-state index in [4.69, 9.17) is 25.8 Å². The Balaban J connectivity index is 1.88. The second-order valence-electron chi connectivity index (χ2n) is 4.41. The topological polar surface area (TPSA) is 53.5 Å². The Morgan fingerprint density at radius 2 is 2.05 bits per heavy atom. The van der Waals surface area contributed by atoms with Crippen molar-refractivity contribution < 1.29 is 14.2 Å². The molecule has 1 aliphatic heterocycles. The molecule has 104 valence electrons. The van der Waals surface area contributed by atoms with Crippen molar-refractivity contribution >= 4 is 11.6 Å². The highest BCUT2D eigenvalue weighted by Gasteiger charge is 2.15. The summed E-state index contributed by atoms with van der Waals surface area (Å²) in [4.78, 5) is 8.65. The molecular weight excluding hydrogens is 280 g/mol. The third kappa shape index (κ3) is 2.36. The summed E-state index contributed by atoms with van der Waals surface area (Å²) in [6.45, 7) is 2.11. The molecule has 2 heterocycles. The van der Waals surface area contributed by atoms with Crippen LogP contribution >= 0.6 is 11.6 Å². The number of halogens is 1. The van der Waals surface area contributed by atoms with E-state index in [-0.39, 0.29) is 6.79 Å². The van der Waals surface area contributed by atoms with Crippen molar-refractivity contribution in [2.45, 2.75) is 13.3 Å². The fourth-order valence-electron chi connectivity index (χ4n) is 2.13. The minimum Gasteiger partial charge on any atom is -0.492 e. The summed E-state index contributed by atoms with van der Waals surface area (Å²) >= 11 is 6.07. The predicted molar refractivity (Wildman–Crippen MR) is 73.7 cm³/mol. The molecule has 0 bridgehead atoms. The van der Waals surface area contributed by atoms with Crippen molar-refractivity contribution in [1.29, 1.82) is 0 Å². The van der Waals surface area contributed by atoms with E-state index in [0.717, 1.165) is 22.8 Å². The van der Waals surface area contributed by atoms with Gasteiger partial charge in [0.15, 0.2) is 22.4 Å². The van der Waals surface area contributed by atoms with E-state index in [9.17, 15) is 0 Å². The van der Waals surface area contributed by atoms with Crippen LogP contribution in [0, 0.1) is 6.92 Å². The van der Waals surface area contributed by atoms with Crippen molar-refractivity contribution in [3.8, 4) is 17.2 Å². The number of aromatic nitrogens is 2. The first kappa shape index (κ1) is 13.0. The summed E-state index contributed by atoms with van der Waals surface area (Å²) in [7, 11) is 1.55. The Kier molecular flexibility index (Phi) is 3.36. The van der Waals surface area contributed by atoms with E-state index >= 15 is 0 Å². The molecule has 5 nitrogen and oxygen atoms in total. The summed E-state index contributed by atoms with van der Waals surface area (Å²) in [5, 5.41) is 0.329. The molecular formula is C14H13ClN2O3. The Hall–Kier alpha value is -2.01. The van der Waals surface area contributed by atoms with E-state index in [1.807, 2.05) is 25.1 Å². The molecule has 0 N–H and O–H groups in total. The molecule has 20 heavy (non-hydrogen) atoms. The normalized spacial score (nSPS) is 12.6. The number of rotatable bonds is 3. The van der Waals surface area contributed by atoms with Gasteiger partial charge in [-0.05, 0) is 24.6 Å². The molecule has 0 atom stereocenters. The van der Waals surface area contributed by atoms with Crippen molar-refractivity contribution in [1.82, 2.24) is 9.97 Å². The summed E-state index contributed by atoms with van der Waals surface area (Å²) in [5.41, 5.74) is 1.76. The minimum atomic E-state index is 0.267. The molecule has 1 aromatic carbocycles. The largest absolute Gasteiger partial charge is 0.492 e. The number of benzene rings is 1. The van der Waals surface area contributed by atoms with Gasteiger partial charge in [0.25, 0.3) is 0 Å². The van der Waals surface area contributed by atoms with E-state index in [1.165, 1.54) is 0 Å². The molecule has 0 saturated carbocycles. The Labute approximate surface area is 121 Å². The van der Waals surface area contributed by atoms with Crippen LogP contribution in [0.1, 0.15) is 17.1 Å². The molecule has 0 spiro atoms. The van der Waals surface area contributed by atoms with Gasteiger partial charge in [0, 0.05) is 6.42 Å². The maximum Gasteiger partial charge on any atom is 0.231 e. The average Bonchev–Trinajstić information content (AvgIpc) is 2.85. The maximum atomic E-state index is 6.07. The van der Waals surface area contributed by atoms with Gasteiger partial charge >= 0.3 is 0 Å². The minimum absolute atomic E-state index is 0.267. The third-order valence-electron chi connectivity index (χ3n) is 3.04. The number of hydrogen-bond acceptors (Lipinski definition) is 5. The number of nitrogens with zero attached hydrogens (tertiary/aromatic N) is 2. The highest BCUT2D eigenvalue weighted by atomic mass is 35.5. The zero-order valence-corrected chi connectivity index (χ0v) is 11.9. The van der Waals surface area contributed by atoms with Crippen molar-refractivity contribution in [2.75, 3.05) is 13.9 Å². The van der Waals surface area contributed by atoms with E-state index in [0.29, 0.717) is 23.1 Å². The Morgan fingerprint density at radius 1 is 1.25 bits per heavy atom. The van der Waals surface area contributed by atoms with E-state index in [1.54, 1.807) is 7.11 Å². The van der Waals surface area contributed by atoms with Gasteiger partial charge in [0.1, 0.15) is 5.82 Å². The molecule has 0 saturated heterocycles. The SMILES string of the molecule is COc1c(C)nc(Cc2ccc3c(c2)OCO3)nc1Cl. The molecule has 1 aliphatic rings. The predicted octanol–water partition coefficient (Wildman–Crippen LogP) is 2.77. The lowest BCUT2D eigenvalue weighted by Crippen LogP contribution is -2.02. The zero-order chi connectivity index (χ0) is 14.1. The van der Waals surface area contributed by atoms with Crippen LogP contribution < -0.4 is 14.2 Å². The average molecular weight is 293 g/mol. The second kappa shape index (κ2) is 5.17. The van der Waals surface area contributed by atoms with E-state index < -0.39 is 0 Å². The van der Waals surface area contributed by atoms with E-state index in [2.05, 4.69) is 9.97 Å². The lowest BCUT2D eigenvalue weighted by Gasteiger charge is -2.08. The van der Waals surface area contributed by atoms with Gasteiger partial charge in [-0.3, -0.25) is 0 Å². The number of ether oxygens (including phenoxy) is 3. The van der Waals surface area contributed by atoms with Gasteiger partial charge < -0.3 is 14.2 Å². The molecule has 0 amide bonds. The van der Waals surface area contributed by atoms with Crippen LogP contribution in [-0.4, -0.2) is 23.9 Å². The highest BCUT2D eigenvalue weighted by molar-refractivity contribution is 6.30. The lowest BCUT2D eigenvalue weighted by molar-refractivity contribution is 0.174. The Morgan fingerprint density at radius 3 is 2.80 bits per heavy atom. The first-order valence-electron chi connectivity index (χ1n) is 6.13. The van der Waals surface area contributed by atoms with Crippen molar-refractivity contribution in [3.05, 3.63) is 40.4 Å². The molecule has 0 unspecified atom stereocenters.